The minimum atomic E-state index is 0.130. The van der Waals surface area contributed by atoms with Crippen LogP contribution < -0.4 is 5.73 Å². The first-order chi connectivity index (χ1) is 8.83. The van der Waals surface area contributed by atoms with Crippen LogP contribution in [0.4, 0.5) is 0 Å². The SMILES string of the molecule is NC(CC1CCCCC1)c1nc2ccccc2s1. The molecule has 2 aromatic rings. The van der Waals surface area contributed by atoms with Gasteiger partial charge in [0.2, 0.25) is 0 Å². The van der Waals surface area contributed by atoms with Crippen molar-refractivity contribution in [2.75, 3.05) is 0 Å². The summed E-state index contributed by atoms with van der Waals surface area (Å²) >= 11 is 1.76. The van der Waals surface area contributed by atoms with E-state index in [0.717, 1.165) is 22.9 Å². The number of fused-ring (bicyclic) bond motifs is 1. The summed E-state index contributed by atoms with van der Waals surface area (Å²) in [7, 11) is 0. The fraction of sp³-hybridized carbons (Fsp3) is 0.533. The maximum Gasteiger partial charge on any atom is 0.111 e. The summed E-state index contributed by atoms with van der Waals surface area (Å²) in [6.07, 6.45) is 8.01. The van der Waals surface area contributed by atoms with Gasteiger partial charge in [0.25, 0.3) is 0 Å². The monoisotopic (exact) mass is 260 g/mol. The Kier molecular flexibility index (Phi) is 3.62. The zero-order valence-corrected chi connectivity index (χ0v) is 11.5. The Morgan fingerprint density at radius 1 is 1.22 bits per heavy atom. The number of aromatic nitrogens is 1. The highest BCUT2D eigenvalue weighted by Crippen LogP contribution is 2.33. The molecule has 2 nitrogen and oxygen atoms in total. The van der Waals surface area contributed by atoms with E-state index < -0.39 is 0 Å². The molecule has 0 aliphatic heterocycles. The Hall–Kier alpha value is -0.930. The molecule has 0 spiro atoms. The lowest BCUT2D eigenvalue weighted by molar-refractivity contribution is 0.319. The first-order valence-corrected chi connectivity index (χ1v) is 7.75. The van der Waals surface area contributed by atoms with Gasteiger partial charge in [-0.1, -0.05) is 44.2 Å². The first kappa shape index (κ1) is 12.1. The van der Waals surface area contributed by atoms with Crippen LogP contribution in [0, 0.1) is 5.92 Å². The van der Waals surface area contributed by atoms with Gasteiger partial charge >= 0.3 is 0 Å². The summed E-state index contributed by atoms with van der Waals surface area (Å²) < 4.78 is 1.26. The van der Waals surface area contributed by atoms with Crippen molar-refractivity contribution in [3.05, 3.63) is 29.3 Å². The molecule has 1 atom stereocenters. The Labute approximate surface area is 112 Å². The molecule has 1 aromatic carbocycles. The van der Waals surface area contributed by atoms with Crippen LogP contribution in [-0.2, 0) is 0 Å². The second-order valence-corrected chi connectivity index (χ2v) is 6.43. The molecule has 1 saturated carbocycles. The maximum absolute atomic E-state index is 6.34. The summed E-state index contributed by atoms with van der Waals surface area (Å²) in [5, 5.41) is 1.11. The van der Waals surface area contributed by atoms with Crippen molar-refractivity contribution in [2.24, 2.45) is 11.7 Å². The van der Waals surface area contributed by atoms with Crippen LogP contribution in [0.1, 0.15) is 49.6 Å². The molecule has 0 bridgehead atoms. The summed E-state index contributed by atoms with van der Waals surface area (Å²) in [6.45, 7) is 0. The summed E-state index contributed by atoms with van der Waals surface area (Å²) in [5.41, 5.74) is 7.43. The number of nitrogens with two attached hydrogens (primary N) is 1. The number of benzene rings is 1. The first-order valence-electron chi connectivity index (χ1n) is 6.94. The van der Waals surface area contributed by atoms with Gasteiger partial charge in [0.15, 0.2) is 0 Å². The molecule has 0 radical (unpaired) electrons. The number of rotatable bonds is 3. The van der Waals surface area contributed by atoms with Crippen LogP contribution in [0.2, 0.25) is 0 Å². The molecule has 1 fully saturated rings. The highest BCUT2D eigenvalue weighted by Gasteiger charge is 2.19. The van der Waals surface area contributed by atoms with E-state index in [4.69, 9.17) is 5.73 Å². The molecule has 1 aliphatic carbocycles. The van der Waals surface area contributed by atoms with Crippen molar-refractivity contribution in [2.45, 2.75) is 44.6 Å². The zero-order chi connectivity index (χ0) is 12.4. The Bertz CT molecular complexity index is 481. The molecule has 0 saturated heterocycles. The average molecular weight is 260 g/mol. The van der Waals surface area contributed by atoms with Crippen molar-refractivity contribution in [3.63, 3.8) is 0 Å². The second-order valence-electron chi connectivity index (χ2n) is 5.37. The summed E-state index contributed by atoms with van der Waals surface area (Å²) in [4.78, 5) is 4.67. The quantitative estimate of drug-likeness (QED) is 0.895. The molecule has 18 heavy (non-hydrogen) atoms. The van der Waals surface area contributed by atoms with E-state index in [2.05, 4.69) is 23.2 Å². The third-order valence-electron chi connectivity index (χ3n) is 3.94. The van der Waals surface area contributed by atoms with Gasteiger partial charge in [-0.05, 0) is 24.5 Å². The number of hydrogen-bond acceptors (Lipinski definition) is 3. The lowest BCUT2D eigenvalue weighted by Gasteiger charge is -2.23. The van der Waals surface area contributed by atoms with E-state index in [-0.39, 0.29) is 6.04 Å². The molecule has 1 aromatic heterocycles. The van der Waals surface area contributed by atoms with Crippen molar-refractivity contribution < 1.29 is 0 Å². The van der Waals surface area contributed by atoms with Crippen LogP contribution in [0.5, 0.6) is 0 Å². The fourth-order valence-corrected chi connectivity index (χ4v) is 3.91. The lowest BCUT2D eigenvalue weighted by atomic mass is 9.85. The molecule has 1 aliphatic rings. The molecule has 3 rings (SSSR count). The minimum absolute atomic E-state index is 0.130. The van der Waals surface area contributed by atoms with E-state index in [9.17, 15) is 0 Å². The lowest BCUT2D eigenvalue weighted by Crippen LogP contribution is -2.17. The second kappa shape index (κ2) is 5.37. The van der Waals surface area contributed by atoms with Crippen LogP contribution in [0.15, 0.2) is 24.3 Å². The number of nitrogens with zero attached hydrogens (tertiary/aromatic N) is 1. The minimum Gasteiger partial charge on any atom is -0.322 e. The van der Waals surface area contributed by atoms with Gasteiger partial charge in [0.1, 0.15) is 5.01 Å². The van der Waals surface area contributed by atoms with Crippen LogP contribution in [-0.4, -0.2) is 4.98 Å². The normalized spacial score (nSPS) is 19.2. The number of para-hydroxylation sites is 1. The van der Waals surface area contributed by atoms with Crippen LogP contribution in [0.25, 0.3) is 10.2 Å². The van der Waals surface area contributed by atoms with Crippen molar-refractivity contribution in [1.82, 2.24) is 4.98 Å². The van der Waals surface area contributed by atoms with Crippen LogP contribution >= 0.6 is 11.3 Å². The van der Waals surface area contributed by atoms with E-state index in [1.165, 1.54) is 36.8 Å². The smallest absolute Gasteiger partial charge is 0.111 e. The fourth-order valence-electron chi connectivity index (χ4n) is 2.93. The Morgan fingerprint density at radius 3 is 2.78 bits per heavy atom. The predicted octanol–water partition coefficient (Wildman–Crippen LogP) is 4.27. The van der Waals surface area contributed by atoms with E-state index in [1.807, 2.05) is 6.07 Å². The van der Waals surface area contributed by atoms with Gasteiger partial charge < -0.3 is 5.73 Å². The topological polar surface area (TPSA) is 38.9 Å². The van der Waals surface area contributed by atoms with Gasteiger partial charge in [0.05, 0.1) is 16.3 Å². The largest absolute Gasteiger partial charge is 0.322 e. The highest BCUT2D eigenvalue weighted by molar-refractivity contribution is 7.18. The van der Waals surface area contributed by atoms with E-state index >= 15 is 0 Å². The third kappa shape index (κ3) is 2.57. The average Bonchev–Trinajstić information content (AvgIpc) is 2.84. The molecule has 3 heteroatoms. The Balaban J connectivity index is 1.72. The zero-order valence-electron chi connectivity index (χ0n) is 10.6. The van der Waals surface area contributed by atoms with Gasteiger partial charge in [-0.15, -0.1) is 11.3 Å². The van der Waals surface area contributed by atoms with Crippen LogP contribution in [0.3, 0.4) is 0 Å². The molecular weight excluding hydrogens is 240 g/mol. The van der Waals surface area contributed by atoms with E-state index in [0.29, 0.717) is 0 Å². The standard InChI is InChI=1S/C15H20N2S/c16-12(10-11-6-2-1-3-7-11)15-17-13-8-4-5-9-14(13)18-15/h4-5,8-9,11-12H,1-3,6-7,10,16H2. The van der Waals surface area contributed by atoms with Gasteiger partial charge in [-0.25, -0.2) is 4.98 Å². The summed E-state index contributed by atoms with van der Waals surface area (Å²) in [6, 6.07) is 8.44. The molecular formula is C15H20N2S. The van der Waals surface area contributed by atoms with Gasteiger partial charge in [-0.3, -0.25) is 0 Å². The Morgan fingerprint density at radius 2 is 2.00 bits per heavy atom. The van der Waals surface area contributed by atoms with Crippen molar-refractivity contribution >= 4 is 21.6 Å². The molecule has 1 unspecified atom stereocenters. The molecule has 0 amide bonds. The van der Waals surface area contributed by atoms with Gasteiger partial charge in [-0.2, -0.15) is 0 Å². The highest BCUT2D eigenvalue weighted by atomic mass is 32.1. The predicted molar refractivity (Wildman–Crippen MR) is 77.7 cm³/mol. The van der Waals surface area contributed by atoms with Crippen molar-refractivity contribution in [1.29, 1.82) is 0 Å². The van der Waals surface area contributed by atoms with E-state index in [1.54, 1.807) is 11.3 Å². The molecule has 2 N–H and O–H groups in total. The molecule has 1 heterocycles. The number of thiazole rings is 1. The summed E-state index contributed by atoms with van der Waals surface area (Å²) in [5.74, 6) is 0.820. The van der Waals surface area contributed by atoms with Crippen molar-refractivity contribution in [3.8, 4) is 0 Å². The van der Waals surface area contributed by atoms with Gasteiger partial charge in [0, 0.05) is 0 Å². The number of hydrogen-bond donors (Lipinski definition) is 1. The maximum atomic E-state index is 6.34. The third-order valence-corrected chi connectivity index (χ3v) is 5.11. The molecule has 96 valence electrons.